The minimum Gasteiger partial charge on any atom is -0.368 e. The van der Waals surface area contributed by atoms with Crippen molar-refractivity contribution < 1.29 is 4.79 Å². The van der Waals surface area contributed by atoms with E-state index in [1.807, 2.05) is 12.1 Å². The molecule has 108 valence electrons. The van der Waals surface area contributed by atoms with E-state index in [0.29, 0.717) is 23.0 Å². The molecule has 1 unspecified atom stereocenters. The van der Waals surface area contributed by atoms with Gasteiger partial charge in [0.1, 0.15) is 0 Å². The molecule has 3 heteroatoms. The Labute approximate surface area is 130 Å². The molecule has 0 bridgehead atoms. The number of carbonyl (C=O) groups is 1. The summed E-state index contributed by atoms with van der Waals surface area (Å²) in [6.07, 6.45) is 1.54. The lowest BCUT2D eigenvalue weighted by Gasteiger charge is -2.24. The minimum atomic E-state index is 0.109. The van der Waals surface area contributed by atoms with Crippen molar-refractivity contribution >= 4 is 23.1 Å². The first-order chi connectivity index (χ1) is 10.2. The fourth-order valence-corrected chi connectivity index (χ4v) is 3.26. The van der Waals surface area contributed by atoms with E-state index >= 15 is 0 Å². The third-order valence-corrected chi connectivity index (χ3v) is 4.43. The average Bonchev–Trinajstić information content (AvgIpc) is 2.81. The maximum atomic E-state index is 12.3. The van der Waals surface area contributed by atoms with Gasteiger partial charge in [-0.2, -0.15) is 0 Å². The van der Waals surface area contributed by atoms with Crippen molar-refractivity contribution in [3.8, 4) is 0 Å². The minimum absolute atomic E-state index is 0.109. The van der Waals surface area contributed by atoms with Crippen molar-refractivity contribution in [2.45, 2.75) is 25.8 Å². The lowest BCUT2D eigenvalue weighted by Crippen LogP contribution is -2.31. The number of benzene rings is 2. The van der Waals surface area contributed by atoms with Gasteiger partial charge in [0.2, 0.25) is 0 Å². The first-order valence-corrected chi connectivity index (χ1v) is 7.67. The Kier molecular flexibility index (Phi) is 3.98. The van der Waals surface area contributed by atoms with Crippen LogP contribution in [0.5, 0.6) is 0 Å². The summed E-state index contributed by atoms with van der Waals surface area (Å²) in [5.74, 6) is 0.109. The monoisotopic (exact) mass is 299 g/mol. The summed E-state index contributed by atoms with van der Waals surface area (Å²) in [5, 5.41) is 0.539. The van der Waals surface area contributed by atoms with Gasteiger partial charge < -0.3 is 4.90 Å². The molecule has 1 atom stereocenters. The smallest absolute Gasteiger partial charge is 0.166 e. The molecule has 1 heterocycles. The van der Waals surface area contributed by atoms with Crippen LogP contribution in [-0.2, 0) is 6.42 Å². The maximum Gasteiger partial charge on any atom is 0.166 e. The molecule has 21 heavy (non-hydrogen) atoms. The normalized spacial score (nSPS) is 16.9. The van der Waals surface area contributed by atoms with Gasteiger partial charge in [0.25, 0.3) is 0 Å². The van der Waals surface area contributed by atoms with Crippen LogP contribution in [0.1, 0.15) is 29.3 Å². The number of nitrogens with zero attached hydrogens (tertiary/aromatic N) is 1. The van der Waals surface area contributed by atoms with Gasteiger partial charge in [-0.25, -0.2) is 0 Å². The number of fused-ring (bicyclic) bond motifs is 1. The number of rotatable bonds is 4. The molecule has 0 saturated carbocycles. The predicted molar refractivity (Wildman–Crippen MR) is 87.4 cm³/mol. The lowest BCUT2D eigenvalue weighted by molar-refractivity contribution is 0.0984. The summed E-state index contributed by atoms with van der Waals surface area (Å²) in [6.45, 7) is 2.95. The summed E-state index contributed by atoms with van der Waals surface area (Å²) in [5.41, 5.74) is 3.26. The molecule has 0 amide bonds. The van der Waals surface area contributed by atoms with Crippen molar-refractivity contribution in [2.24, 2.45) is 0 Å². The van der Waals surface area contributed by atoms with Crippen molar-refractivity contribution in [3.63, 3.8) is 0 Å². The van der Waals surface area contributed by atoms with Crippen LogP contribution in [0.3, 0.4) is 0 Å². The summed E-state index contributed by atoms with van der Waals surface area (Å²) < 4.78 is 0. The Morgan fingerprint density at radius 3 is 2.71 bits per heavy atom. The molecule has 0 radical (unpaired) electrons. The molecule has 2 aromatic carbocycles. The van der Waals surface area contributed by atoms with Crippen LogP contribution in [0.2, 0.25) is 5.02 Å². The second-order valence-corrected chi connectivity index (χ2v) is 5.94. The molecule has 0 N–H and O–H groups in total. The van der Waals surface area contributed by atoms with E-state index in [-0.39, 0.29) is 5.78 Å². The number of para-hydroxylation sites is 1. The topological polar surface area (TPSA) is 20.3 Å². The van der Waals surface area contributed by atoms with E-state index in [0.717, 1.165) is 13.0 Å². The van der Waals surface area contributed by atoms with Crippen molar-refractivity contribution in [2.75, 3.05) is 11.4 Å². The highest BCUT2D eigenvalue weighted by atomic mass is 35.5. The number of Topliss-reactive ketones (excluding diaryl/α,β-unsaturated/α-hetero) is 1. The number of hydrogen-bond acceptors (Lipinski definition) is 2. The molecule has 0 aromatic heterocycles. The summed E-state index contributed by atoms with van der Waals surface area (Å²) >= 11 is 6.09. The second kappa shape index (κ2) is 5.90. The van der Waals surface area contributed by atoms with Gasteiger partial charge >= 0.3 is 0 Å². The van der Waals surface area contributed by atoms with E-state index in [2.05, 4.69) is 36.1 Å². The number of ketones is 1. The van der Waals surface area contributed by atoms with Crippen LogP contribution in [-0.4, -0.2) is 18.4 Å². The van der Waals surface area contributed by atoms with Crippen LogP contribution in [0, 0.1) is 0 Å². The summed E-state index contributed by atoms with van der Waals surface area (Å²) in [7, 11) is 0. The number of carbonyl (C=O) groups excluding carboxylic acids is 1. The third kappa shape index (κ3) is 2.81. The zero-order valence-corrected chi connectivity index (χ0v) is 12.8. The van der Waals surface area contributed by atoms with Crippen LogP contribution in [0.25, 0.3) is 0 Å². The van der Waals surface area contributed by atoms with Gasteiger partial charge in [0.05, 0.1) is 5.02 Å². The number of halogens is 1. The average molecular weight is 300 g/mol. The molecule has 2 aromatic rings. The van der Waals surface area contributed by atoms with Gasteiger partial charge in [0, 0.05) is 30.3 Å². The highest BCUT2D eigenvalue weighted by Gasteiger charge is 2.25. The van der Waals surface area contributed by atoms with Crippen molar-refractivity contribution in [1.82, 2.24) is 0 Å². The largest absolute Gasteiger partial charge is 0.368 e. The van der Waals surface area contributed by atoms with Crippen LogP contribution >= 0.6 is 11.6 Å². The molecule has 3 rings (SSSR count). The van der Waals surface area contributed by atoms with Gasteiger partial charge in [-0.1, -0.05) is 41.9 Å². The van der Waals surface area contributed by atoms with Crippen LogP contribution in [0.4, 0.5) is 5.69 Å². The number of anilines is 1. The third-order valence-electron chi connectivity index (χ3n) is 4.10. The molecule has 2 nitrogen and oxygen atoms in total. The molecule has 1 aliphatic heterocycles. The summed E-state index contributed by atoms with van der Waals surface area (Å²) in [6, 6.07) is 16.1. The van der Waals surface area contributed by atoms with Gasteiger partial charge in [-0.15, -0.1) is 0 Å². The Bertz CT molecular complexity index is 668. The van der Waals surface area contributed by atoms with E-state index in [1.165, 1.54) is 11.3 Å². The maximum absolute atomic E-state index is 12.3. The first kappa shape index (κ1) is 14.2. The molecular weight excluding hydrogens is 282 g/mol. The van der Waals surface area contributed by atoms with E-state index in [1.54, 1.807) is 12.1 Å². The lowest BCUT2D eigenvalue weighted by atomic mass is 10.1. The van der Waals surface area contributed by atoms with Crippen LogP contribution < -0.4 is 4.90 Å². The van der Waals surface area contributed by atoms with Gasteiger partial charge in [0.15, 0.2) is 5.78 Å². The van der Waals surface area contributed by atoms with E-state index in [4.69, 9.17) is 11.6 Å². The quantitative estimate of drug-likeness (QED) is 0.782. The van der Waals surface area contributed by atoms with Gasteiger partial charge in [-0.05, 0) is 37.1 Å². The Balaban J connectivity index is 1.71. The predicted octanol–water partition coefficient (Wildman–Crippen LogP) is 4.36. The fourth-order valence-electron chi connectivity index (χ4n) is 3.01. The fraction of sp³-hybridized carbons (Fsp3) is 0.278. The standard InChI is InChI=1S/C18H18ClNO/c1-13-12-14-6-2-5-9-17(14)20(13)11-10-18(21)15-7-3-4-8-16(15)19/h2-9,13H,10-12H2,1H3. The highest BCUT2D eigenvalue weighted by Crippen LogP contribution is 2.32. The van der Waals surface area contributed by atoms with Crippen molar-refractivity contribution in [3.05, 3.63) is 64.7 Å². The highest BCUT2D eigenvalue weighted by molar-refractivity contribution is 6.33. The second-order valence-electron chi connectivity index (χ2n) is 5.53. The first-order valence-electron chi connectivity index (χ1n) is 7.29. The molecule has 0 aliphatic carbocycles. The Hall–Kier alpha value is -1.80. The molecule has 0 spiro atoms. The number of hydrogen-bond donors (Lipinski definition) is 0. The van der Waals surface area contributed by atoms with E-state index < -0.39 is 0 Å². The summed E-state index contributed by atoms with van der Waals surface area (Å²) in [4.78, 5) is 14.7. The van der Waals surface area contributed by atoms with Gasteiger partial charge in [-0.3, -0.25) is 4.79 Å². The zero-order chi connectivity index (χ0) is 14.8. The van der Waals surface area contributed by atoms with E-state index in [9.17, 15) is 4.79 Å². The Morgan fingerprint density at radius 1 is 1.19 bits per heavy atom. The molecular formula is C18H18ClNO. The molecule has 1 aliphatic rings. The van der Waals surface area contributed by atoms with Crippen LogP contribution in [0.15, 0.2) is 48.5 Å². The Morgan fingerprint density at radius 2 is 1.90 bits per heavy atom. The SMILES string of the molecule is CC1Cc2ccccc2N1CCC(=O)c1ccccc1Cl. The van der Waals surface area contributed by atoms with Crippen molar-refractivity contribution in [1.29, 1.82) is 0 Å². The molecule has 0 saturated heterocycles. The molecule has 0 fully saturated rings. The zero-order valence-electron chi connectivity index (χ0n) is 12.1.